The number of rotatable bonds is 8. The summed E-state index contributed by atoms with van der Waals surface area (Å²) < 4.78 is 14.8. The number of benzene rings is 7. The molecular weight excluding hydrogens is 575 g/mol. The molecule has 0 radical (unpaired) electrons. The van der Waals surface area contributed by atoms with Crippen LogP contribution in [0.25, 0.3) is 22.3 Å². The van der Waals surface area contributed by atoms with Gasteiger partial charge in [-0.3, -0.25) is 0 Å². The van der Waals surface area contributed by atoms with E-state index >= 15 is 0 Å². The van der Waals surface area contributed by atoms with Gasteiger partial charge in [-0.1, -0.05) is 200 Å². The van der Waals surface area contributed by atoms with Crippen molar-refractivity contribution in [1.82, 2.24) is 0 Å². The van der Waals surface area contributed by atoms with Crippen LogP contribution in [0.3, 0.4) is 0 Å². The summed E-state index contributed by atoms with van der Waals surface area (Å²) in [4.78, 5) is 0. The average Bonchev–Trinajstić information content (AvgIpc) is 3.15. The summed E-state index contributed by atoms with van der Waals surface area (Å²) in [5.41, 5.74) is 9.24. The second-order valence-electron chi connectivity index (χ2n) is 11.3. The molecule has 0 bridgehead atoms. The monoisotopic (exact) mass is 608 g/mol. The molecule has 0 fully saturated rings. The van der Waals surface area contributed by atoms with Crippen LogP contribution >= 0.6 is 7.14 Å². The minimum atomic E-state index is -3.02. The lowest BCUT2D eigenvalue weighted by Gasteiger charge is -2.20. The van der Waals surface area contributed by atoms with Crippen LogP contribution in [-0.2, 0) is 4.57 Å². The van der Waals surface area contributed by atoms with E-state index in [1.807, 2.05) is 72.8 Å². The van der Waals surface area contributed by atoms with E-state index in [4.69, 9.17) is 0 Å². The molecule has 0 N–H and O–H groups in total. The lowest BCUT2D eigenvalue weighted by molar-refractivity contribution is 0.592. The van der Waals surface area contributed by atoms with Gasteiger partial charge in [0.05, 0.1) is 0 Å². The minimum Gasteiger partial charge on any atom is -0.309 e. The highest BCUT2D eigenvalue weighted by Gasteiger charge is 2.29. The van der Waals surface area contributed by atoms with Crippen LogP contribution in [0.5, 0.6) is 0 Å². The van der Waals surface area contributed by atoms with Gasteiger partial charge in [0.1, 0.15) is 0 Å². The Morgan fingerprint density at radius 2 is 0.543 bits per heavy atom. The predicted octanol–water partition coefficient (Wildman–Crippen LogP) is 10.0. The predicted molar refractivity (Wildman–Crippen MR) is 196 cm³/mol. The molecule has 0 aliphatic heterocycles. The van der Waals surface area contributed by atoms with Crippen molar-refractivity contribution < 1.29 is 4.57 Å². The summed E-state index contributed by atoms with van der Waals surface area (Å²) in [7, 11) is -3.02. The summed E-state index contributed by atoms with van der Waals surface area (Å²) in [6.07, 6.45) is 0. The van der Waals surface area contributed by atoms with E-state index in [2.05, 4.69) is 127 Å². The van der Waals surface area contributed by atoms with Crippen LogP contribution in [0.15, 0.2) is 200 Å². The van der Waals surface area contributed by atoms with Crippen molar-refractivity contribution in [2.45, 2.75) is 0 Å². The molecule has 0 atom stereocenters. The fourth-order valence-electron chi connectivity index (χ4n) is 6.14. The van der Waals surface area contributed by atoms with Crippen LogP contribution < -0.4 is 15.9 Å². The molecule has 0 aliphatic carbocycles. The van der Waals surface area contributed by atoms with E-state index in [-0.39, 0.29) is 0 Å². The Labute approximate surface area is 271 Å². The largest absolute Gasteiger partial charge is 0.309 e. The maximum atomic E-state index is 14.8. The number of hydrogen-bond donors (Lipinski definition) is 0. The van der Waals surface area contributed by atoms with Crippen LogP contribution in [0.2, 0.25) is 0 Å². The van der Waals surface area contributed by atoms with Gasteiger partial charge in [-0.2, -0.15) is 0 Å². The van der Waals surface area contributed by atoms with Crippen molar-refractivity contribution in [3.05, 3.63) is 222 Å². The minimum absolute atomic E-state index is 0.829. The Hall–Kier alpha value is -5.49. The molecule has 0 aliphatic rings. The van der Waals surface area contributed by atoms with E-state index in [9.17, 15) is 4.57 Å². The smallest absolute Gasteiger partial charge is 0.171 e. The molecule has 0 unspecified atom stereocenters. The molecule has 0 heterocycles. The molecule has 7 aromatic carbocycles. The van der Waals surface area contributed by atoms with Crippen LogP contribution in [0.1, 0.15) is 22.3 Å². The van der Waals surface area contributed by atoms with Crippen molar-refractivity contribution in [2.75, 3.05) is 0 Å². The van der Waals surface area contributed by atoms with Gasteiger partial charge in [0.25, 0.3) is 0 Å². The summed E-state index contributed by atoms with van der Waals surface area (Å²) in [5, 5.41) is 2.51. The zero-order valence-electron chi connectivity index (χ0n) is 25.4. The summed E-state index contributed by atoms with van der Waals surface area (Å²) in [5.74, 6) is 0. The maximum absolute atomic E-state index is 14.8. The van der Waals surface area contributed by atoms with Crippen LogP contribution in [-0.4, -0.2) is 0 Å². The summed E-state index contributed by atoms with van der Waals surface area (Å²) in [6.45, 7) is 0. The van der Waals surface area contributed by atoms with Gasteiger partial charge >= 0.3 is 0 Å². The first-order chi connectivity index (χ1) is 22.7. The van der Waals surface area contributed by atoms with E-state index in [1.165, 1.54) is 27.8 Å². The molecule has 0 spiro atoms. The highest BCUT2D eigenvalue weighted by atomic mass is 31.2. The standard InChI is InChI=1S/C44H33OP/c45-46(40-22-12-4-13-23-40,41-24-14-5-15-25-41)42-32-30-35(31-33-42)34-26-28-39(29-27-34)44(38-20-10-3-11-21-38)43(36-16-6-1-7-17-36)37-18-8-2-9-19-37/h1-33H. The molecule has 7 rings (SSSR count). The Kier molecular flexibility index (Phi) is 8.42. The van der Waals surface area contributed by atoms with Gasteiger partial charge in [-0.05, 0) is 44.5 Å². The van der Waals surface area contributed by atoms with Gasteiger partial charge in [-0.25, -0.2) is 0 Å². The third kappa shape index (κ3) is 5.82. The molecule has 220 valence electrons. The van der Waals surface area contributed by atoms with Crippen LogP contribution in [0.4, 0.5) is 0 Å². The highest BCUT2D eigenvalue weighted by Crippen LogP contribution is 2.43. The zero-order valence-corrected chi connectivity index (χ0v) is 26.3. The second kappa shape index (κ2) is 13.2. The molecule has 46 heavy (non-hydrogen) atoms. The molecular formula is C44H33OP. The van der Waals surface area contributed by atoms with Gasteiger partial charge in [-0.15, -0.1) is 0 Å². The second-order valence-corrected chi connectivity index (χ2v) is 14.0. The molecule has 0 saturated carbocycles. The SMILES string of the molecule is O=P(c1ccccc1)(c1ccccc1)c1ccc(-c2ccc(C(=C(c3ccccc3)c3ccccc3)c3ccccc3)cc2)cc1. The molecule has 0 amide bonds. The molecule has 2 heteroatoms. The van der Waals surface area contributed by atoms with Gasteiger partial charge in [0, 0.05) is 15.9 Å². The Morgan fingerprint density at radius 1 is 0.283 bits per heavy atom. The number of hydrogen-bond acceptors (Lipinski definition) is 1. The van der Waals surface area contributed by atoms with E-state index in [0.717, 1.165) is 32.6 Å². The summed E-state index contributed by atoms with van der Waals surface area (Å²) in [6, 6.07) is 68.6. The van der Waals surface area contributed by atoms with Crippen molar-refractivity contribution >= 4 is 34.2 Å². The topological polar surface area (TPSA) is 17.1 Å². The fourth-order valence-corrected chi connectivity index (χ4v) is 8.79. The third-order valence-corrected chi connectivity index (χ3v) is 11.5. The normalized spacial score (nSPS) is 11.1. The summed E-state index contributed by atoms with van der Waals surface area (Å²) >= 11 is 0. The average molecular weight is 609 g/mol. The van der Waals surface area contributed by atoms with Gasteiger partial charge in [0.2, 0.25) is 0 Å². The van der Waals surface area contributed by atoms with Gasteiger partial charge in [0.15, 0.2) is 7.14 Å². The van der Waals surface area contributed by atoms with Crippen molar-refractivity contribution in [3.63, 3.8) is 0 Å². The first-order valence-corrected chi connectivity index (χ1v) is 17.3. The first kappa shape index (κ1) is 29.2. The zero-order chi connectivity index (χ0) is 31.2. The highest BCUT2D eigenvalue weighted by molar-refractivity contribution is 7.85. The van der Waals surface area contributed by atoms with Gasteiger partial charge < -0.3 is 4.57 Å². The third-order valence-electron chi connectivity index (χ3n) is 8.41. The molecule has 0 aromatic heterocycles. The lowest BCUT2D eigenvalue weighted by atomic mass is 9.85. The van der Waals surface area contributed by atoms with Crippen LogP contribution in [0, 0.1) is 0 Å². The molecule has 7 aromatic rings. The quantitative estimate of drug-likeness (QED) is 0.124. The van der Waals surface area contributed by atoms with Crippen molar-refractivity contribution in [1.29, 1.82) is 0 Å². The van der Waals surface area contributed by atoms with Crippen molar-refractivity contribution in [2.24, 2.45) is 0 Å². The molecule has 1 nitrogen and oxygen atoms in total. The van der Waals surface area contributed by atoms with E-state index in [0.29, 0.717) is 0 Å². The Balaban J connectivity index is 1.31. The van der Waals surface area contributed by atoms with E-state index < -0.39 is 7.14 Å². The maximum Gasteiger partial charge on any atom is 0.171 e. The lowest BCUT2D eigenvalue weighted by Crippen LogP contribution is -2.24. The molecule has 0 saturated heterocycles. The Bertz CT molecular complexity index is 2020. The van der Waals surface area contributed by atoms with Crippen molar-refractivity contribution in [3.8, 4) is 11.1 Å². The fraction of sp³-hybridized carbons (Fsp3) is 0. The first-order valence-electron chi connectivity index (χ1n) is 15.5. The Morgan fingerprint density at radius 3 is 0.891 bits per heavy atom. The van der Waals surface area contributed by atoms with E-state index in [1.54, 1.807) is 0 Å².